The van der Waals surface area contributed by atoms with Gasteiger partial charge in [-0.05, 0) is 74.7 Å². The van der Waals surface area contributed by atoms with Crippen molar-refractivity contribution in [3.05, 3.63) is 62.2 Å². The van der Waals surface area contributed by atoms with Gasteiger partial charge >= 0.3 is 0 Å². The van der Waals surface area contributed by atoms with Crippen molar-refractivity contribution in [2.75, 3.05) is 0 Å². The van der Waals surface area contributed by atoms with Crippen molar-refractivity contribution in [2.45, 2.75) is 65.9 Å². The highest BCUT2D eigenvalue weighted by atomic mass is 127. The maximum atomic E-state index is 6.20. The summed E-state index contributed by atoms with van der Waals surface area (Å²) in [6.07, 6.45) is 0. The second-order valence-corrected chi connectivity index (χ2v) is 8.52. The fourth-order valence-corrected chi connectivity index (χ4v) is 3.53. The Kier molecular flexibility index (Phi) is 6.73. The van der Waals surface area contributed by atoms with Gasteiger partial charge in [0, 0.05) is 0 Å². The molecule has 0 aromatic heterocycles. The van der Waals surface area contributed by atoms with Crippen LogP contribution in [0.1, 0.15) is 81.5 Å². The first-order chi connectivity index (χ1) is 11.3. The van der Waals surface area contributed by atoms with E-state index in [1.54, 1.807) is 0 Å². The van der Waals surface area contributed by atoms with Crippen molar-refractivity contribution in [2.24, 2.45) is 0 Å². The Hall–Kier alpha value is -1.03. The van der Waals surface area contributed by atoms with Gasteiger partial charge in [-0.2, -0.15) is 0 Å². The van der Waals surface area contributed by atoms with Gasteiger partial charge < -0.3 is 4.74 Å². The van der Waals surface area contributed by atoms with Crippen LogP contribution in [0.2, 0.25) is 0 Å². The van der Waals surface area contributed by atoms with Gasteiger partial charge in [-0.15, -0.1) is 0 Å². The molecular formula is C22H29IO. The molecule has 0 bridgehead atoms. The lowest BCUT2D eigenvalue weighted by Gasteiger charge is -2.23. The predicted molar refractivity (Wildman–Crippen MR) is 112 cm³/mol. The number of para-hydroxylation sites is 1. The minimum Gasteiger partial charge on any atom is -0.488 e. The Bertz CT molecular complexity index is 657. The average Bonchev–Trinajstić information content (AvgIpc) is 2.53. The van der Waals surface area contributed by atoms with Crippen LogP contribution >= 0.6 is 22.6 Å². The lowest BCUT2D eigenvalue weighted by Crippen LogP contribution is -2.09. The molecule has 1 nitrogen and oxygen atoms in total. The summed E-state index contributed by atoms with van der Waals surface area (Å²) in [6.45, 7) is 14.3. The highest BCUT2D eigenvalue weighted by Crippen LogP contribution is 2.33. The third-order valence-corrected chi connectivity index (χ3v) is 5.35. The van der Waals surface area contributed by atoms with E-state index < -0.39 is 0 Å². The molecule has 0 unspecified atom stereocenters. The molecule has 24 heavy (non-hydrogen) atoms. The summed E-state index contributed by atoms with van der Waals surface area (Å²) < 4.78 is 7.36. The summed E-state index contributed by atoms with van der Waals surface area (Å²) in [5, 5.41) is 0. The minimum atomic E-state index is 0.495. The zero-order valence-electron chi connectivity index (χ0n) is 15.7. The van der Waals surface area contributed by atoms with Gasteiger partial charge in [-0.3, -0.25) is 0 Å². The Morgan fingerprint density at radius 1 is 0.833 bits per heavy atom. The lowest BCUT2D eigenvalue weighted by molar-refractivity contribution is 0.300. The van der Waals surface area contributed by atoms with Crippen LogP contribution in [0, 0.1) is 3.57 Å². The zero-order valence-corrected chi connectivity index (χ0v) is 17.8. The van der Waals surface area contributed by atoms with Gasteiger partial charge in [-0.25, -0.2) is 0 Å². The maximum Gasteiger partial charge on any atom is 0.133 e. The molecule has 2 heteroatoms. The monoisotopic (exact) mass is 436 g/mol. The van der Waals surface area contributed by atoms with Crippen molar-refractivity contribution in [3.63, 3.8) is 0 Å². The summed E-state index contributed by atoms with van der Waals surface area (Å²) in [5.74, 6) is 2.50. The molecule has 0 aliphatic carbocycles. The second-order valence-electron chi connectivity index (χ2n) is 7.36. The van der Waals surface area contributed by atoms with Crippen molar-refractivity contribution < 1.29 is 4.74 Å². The van der Waals surface area contributed by atoms with E-state index in [1.165, 1.54) is 22.3 Å². The topological polar surface area (TPSA) is 9.23 Å². The molecule has 2 aromatic rings. The smallest absolute Gasteiger partial charge is 0.133 e. The molecule has 2 aromatic carbocycles. The Morgan fingerprint density at radius 3 is 1.83 bits per heavy atom. The van der Waals surface area contributed by atoms with Crippen LogP contribution in [-0.4, -0.2) is 0 Å². The van der Waals surface area contributed by atoms with E-state index in [1.807, 2.05) is 18.2 Å². The van der Waals surface area contributed by atoms with E-state index in [-0.39, 0.29) is 0 Å². The van der Waals surface area contributed by atoms with Crippen molar-refractivity contribution in [3.8, 4) is 5.75 Å². The van der Waals surface area contributed by atoms with Crippen LogP contribution in [0.25, 0.3) is 0 Å². The van der Waals surface area contributed by atoms with Crippen LogP contribution in [0.3, 0.4) is 0 Å². The lowest BCUT2D eigenvalue weighted by atomic mass is 9.85. The molecule has 0 saturated heterocycles. The molecule has 0 heterocycles. The molecule has 0 N–H and O–H groups in total. The first-order valence-electron chi connectivity index (χ1n) is 8.85. The molecule has 0 aliphatic rings. The molecule has 0 spiro atoms. The third-order valence-electron chi connectivity index (χ3n) is 4.46. The van der Waals surface area contributed by atoms with Gasteiger partial charge in [0.2, 0.25) is 0 Å². The second kappa shape index (κ2) is 8.37. The summed E-state index contributed by atoms with van der Waals surface area (Å²) in [7, 11) is 0. The molecule has 0 radical (unpaired) electrons. The molecule has 0 saturated carbocycles. The van der Waals surface area contributed by atoms with E-state index >= 15 is 0 Å². The molecule has 130 valence electrons. The number of hydrogen-bond acceptors (Lipinski definition) is 1. The van der Waals surface area contributed by atoms with E-state index in [4.69, 9.17) is 4.74 Å². The third kappa shape index (κ3) is 4.53. The number of rotatable bonds is 6. The quantitative estimate of drug-likeness (QED) is 0.434. The van der Waals surface area contributed by atoms with Gasteiger partial charge in [0.05, 0.1) is 3.57 Å². The van der Waals surface area contributed by atoms with E-state index in [0.717, 1.165) is 9.32 Å². The summed E-state index contributed by atoms with van der Waals surface area (Å²) in [6, 6.07) is 13.0. The van der Waals surface area contributed by atoms with Gasteiger partial charge in [-0.1, -0.05) is 65.8 Å². The van der Waals surface area contributed by atoms with Crippen LogP contribution in [0.4, 0.5) is 0 Å². The highest BCUT2D eigenvalue weighted by molar-refractivity contribution is 14.1. The fourth-order valence-electron chi connectivity index (χ4n) is 2.98. The summed E-state index contributed by atoms with van der Waals surface area (Å²) in [4.78, 5) is 0. The first kappa shape index (κ1) is 19.3. The van der Waals surface area contributed by atoms with Crippen LogP contribution in [0.15, 0.2) is 36.4 Å². The molecule has 2 rings (SSSR count). The van der Waals surface area contributed by atoms with E-state index in [2.05, 4.69) is 82.3 Å². The Morgan fingerprint density at radius 2 is 1.38 bits per heavy atom. The fraction of sp³-hybridized carbons (Fsp3) is 0.455. The first-order valence-corrected chi connectivity index (χ1v) is 9.93. The van der Waals surface area contributed by atoms with E-state index in [9.17, 15) is 0 Å². The number of benzene rings is 2. The molecular weight excluding hydrogens is 407 g/mol. The number of halogens is 1. The summed E-state index contributed by atoms with van der Waals surface area (Å²) >= 11 is 2.34. The molecule has 0 amide bonds. The minimum absolute atomic E-state index is 0.495. The molecule has 0 atom stereocenters. The van der Waals surface area contributed by atoms with Gasteiger partial charge in [0.15, 0.2) is 0 Å². The highest BCUT2D eigenvalue weighted by Gasteiger charge is 2.17. The Labute approximate surface area is 161 Å². The predicted octanol–water partition coefficient (Wildman–Crippen LogP) is 7.24. The van der Waals surface area contributed by atoms with Gasteiger partial charge in [0.1, 0.15) is 12.4 Å². The number of ether oxygens (including phenoxy) is 1. The zero-order chi connectivity index (χ0) is 17.9. The van der Waals surface area contributed by atoms with Gasteiger partial charge in [0.25, 0.3) is 0 Å². The number of hydrogen-bond donors (Lipinski definition) is 0. The van der Waals surface area contributed by atoms with Crippen LogP contribution in [-0.2, 0) is 6.61 Å². The summed E-state index contributed by atoms with van der Waals surface area (Å²) in [5.41, 5.74) is 5.65. The maximum absolute atomic E-state index is 6.20. The van der Waals surface area contributed by atoms with Crippen LogP contribution < -0.4 is 4.74 Å². The van der Waals surface area contributed by atoms with Crippen molar-refractivity contribution >= 4 is 22.6 Å². The Balaban J connectivity index is 2.44. The van der Waals surface area contributed by atoms with Crippen LogP contribution in [0.5, 0.6) is 5.75 Å². The largest absolute Gasteiger partial charge is 0.488 e. The standard InChI is InChI=1S/C22H29IO/c1-14(2)17-11-18(15(3)4)20(19(12-17)16(5)6)13-24-22-10-8-7-9-21(22)23/h7-12,14-16H,13H2,1-6H3. The van der Waals surface area contributed by atoms with Crippen molar-refractivity contribution in [1.29, 1.82) is 0 Å². The normalized spacial score (nSPS) is 11.6. The SMILES string of the molecule is CC(C)c1cc(C(C)C)c(COc2ccccc2I)c(C(C)C)c1. The van der Waals surface area contributed by atoms with E-state index in [0.29, 0.717) is 24.4 Å². The van der Waals surface area contributed by atoms with Crippen molar-refractivity contribution in [1.82, 2.24) is 0 Å². The molecule has 0 fully saturated rings. The molecule has 0 aliphatic heterocycles. The average molecular weight is 436 g/mol.